The fourth-order valence-corrected chi connectivity index (χ4v) is 8.63. The molecule has 2 unspecified atom stereocenters. The zero-order chi connectivity index (χ0) is 28.5. The topological polar surface area (TPSA) is 99.8 Å². The van der Waals surface area contributed by atoms with E-state index in [1.165, 1.54) is 6.07 Å². The Morgan fingerprint density at radius 1 is 1.15 bits per heavy atom. The van der Waals surface area contributed by atoms with E-state index in [-0.39, 0.29) is 44.6 Å². The van der Waals surface area contributed by atoms with Crippen LogP contribution >= 0.6 is 23.2 Å². The lowest BCUT2D eigenvalue weighted by molar-refractivity contribution is -0.125. The minimum Gasteiger partial charge on any atom is -0.383 e. The number of benzene rings is 2. The molecule has 0 aliphatic carbocycles. The molecule has 210 valence electrons. The highest BCUT2D eigenvalue weighted by atomic mass is 35.5. The quantitative estimate of drug-likeness (QED) is 0.368. The summed E-state index contributed by atoms with van der Waals surface area (Å²) in [5.74, 6) is -0.990. The van der Waals surface area contributed by atoms with Gasteiger partial charge in [-0.15, -0.1) is 0 Å². The van der Waals surface area contributed by atoms with Crippen LogP contribution in [0.2, 0.25) is 10.0 Å². The zero-order valence-corrected chi connectivity index (χ0v) is 24.7. The van der Waals surface area contributed by atoms with Crippen molar-refractivity contribution in [2.24, 2.45) is 0 Å². The second-order valence-corrected chi connectivity index (χ2v) is 13.5. The molecule has 3 aromatic rings. The number of aromatic nitrogens is 1. The average Bonchev–Trinajstić information content (AvgIpc) is 3.64. The number of β-lactam (4-membered cyclic amide) rings is 1. The molecule has 2 fully saturated rings. The van der Waals surface area contributed by atoms with Crippen LogP contribution < -0.4 is 4.90 Å². The highest BCUT2D eigenvalue weighted by Gasteiger charge is 2.58. The van der Waals surface area contributed by atoms with Crippen molar-refractivity contribution in [3.05, 3.63) is 80.1 Å². The first-order valence-corrected chi connectivity index (χ1v) is 15.6. The third-order valence-corrected chi connectivity index (χ3v) is 10.8. The van der Waals surface area contributed by atoms with Crippen molar-refractivity contribution in [3.8, 4) is 0 Å². The zero-order valence-electron chi connectivity index (χ0n) is 22.3. The van der Waals surface area contributed by atoms with Crippen LogP contribution in [0, 0.1) is 13.8 Å². The van der Waals surface area contributed by atoms with Crippen molar-refractivity contribution < 1.29 is 22.7 Å². The molecule has 0 saturated carbocycles. The van der Waals surface area contributed by atoms with Crippen LogP contribution in [-0.2, 0) is 25.1 Å². The van der Waals surface area contributed by atoms with Crippen molar-refractivity contribution in [1.82, 2.24) is 9.88 Å². The molecule has 2 amide bonds. The molecule has 3 aliphatic heterocycles. The third kappa shape index (κ3) is 4.09. The number of anilines is 1. The summed E-state index contributed by atoms with van der Waals surface area (Å²) in [6.45, 7) is 4.97. The maximum Gasteiger partial charge on any atom is 0.256 e. The smallest absolute Gasteiger partial charge is 0.256 e. The molecule has 2 bridgehead atoms. The van der Waals surface area contributed by atoms with E-state index >= 15 is 0 Å². The molecule has 8 nitrogen and oxygen atoms in total. The molecule has 0 radical (unpaired) electrons. The lowest BCUT2D eigenvalue weighted by atomic mass is 9.85. The van der Waals surface area contributed by atoms with E-state index in [1.807, 2.05) is 18.7 Å². The molecular weight excluding hydrogens is 573 g/mol. The molecule has 6 rings (SSSR count). The van der Waals surface area contributed by atoms with E-state index in [2.05, 4.69) is 4.98 Å². The Kier molecular flexibility index (Phi) is 6.77. The van der Waals surface area contributed by atoms with Crippen LogP contribution in [0.15, 0.2) is 41.3 Å². The molecule has 3 aliphatic rings. The number of ether oxygens (including phenoxy) is 1. The molecular formula is C29H29Cl2N3O5S. The van der Waals surface area contributed by atoms with Crippen LogP contribution in [0.4, 0.5) is 5.69 Å². The second-order valence-electron chi connectivity index (χ2n) is 10.7. The first kappa shape index (κ1) is 27.3. The number of carbonyl (C=O) groups is 2. The Hall–Kier alpha value is -2.85. The predicted molar refractivity (Wildman–Crippen MR) is 153 cm³/mol. The van der Waals surface area contributed by atoms with Gasteiger partial charge in [-0.1, -0.05) is 29.3 Å². The first-order valence-electron chi connectivity index (χ1n) is 13.2. The van der Waals surface area contributed by atoms with Crippen LogP contribution in [0.5, 0.6) is 0 Å². The Morgan fingerprint density at radius 3 is 2.58 bits per heavy atom. The summed E-state index contributed by atoms with van der Waals surface area (Å²) in [7, 11) is -2.15. The number of nitrogens with one attached hydrogen (secondary N) is 1. The minimum absolute atomic E-state index is 0.0332. The fourth-order valence-electron chi connectivity index (χ4n) is 6.50. The molecule has 1 N–H and O–H groups in total. The van der Waals surface area contributed by atoms with E-state index in [0.717, 1.165) is 29.8 Å². The first-order chi connectivity index (χ1) is 19.0. The molecule has 0 spiro atoms. The van der Waals surface area contributed by atoms with Gasteiger partial charge in [0.05, 0.1) is 40.8 Å². The number of aromatic amines is 1. The largest absolute Gasteiger partial charge is 0.383 e. The number of sulfone groups is 1. The van der Waals surface area contributed by atoms with Crippen molar-refractivity contribution in [2.45, 2.75) is 55.3 Å². The summed E-state index contributed by atoms with van der Waals surface area (Å²) in [5.41, 5.74) is 4.69. The van der Waals surface area contributed by atoms with E-state index in [1.54, 1.807) is 42.3 Å². The van der Waals surface area contributed by atoms with Crippen molar-refractivity contribution >= 4 is 50.5 Å². The van der Waals surface area contributed by atoms with Crippen LogP contribution in [0.25, 0.3) is 0 Å². The van der Waals surface area contributed by atoms with Gasteiger partial charge in [0.25, 0.3) is 5.91 Å². The number of fused-ring (bicyclic) bond motifs is 5. The molecule has 4 heterocycles. The van der Waals surface area contributed by atoms with E-state index in [4.69, 9.17) is 27.9 Å². The average molecular weight is 603 g/mol. The fraction of sp³-hybridized carbons (Fsp3) is 0.379. The SMILES string of the molecule is COC[C@@H]1CCCN1C(=O)c1c(C)[nH]c(C2C3C(=O)N2c2ccc(S(=O)(=O)Cc4c(Cl)cccc4Cl)cc23)c1C. The number of halogens is 2. The standard InChI is InChI=1S/C29H29Cl2N3O5S/c1-15-24(28(35)33-11-5-6-17(33)13-39-3)16(2)32-26(15)27-25-19-12-18(9-10-23(19)34(27)29(25)36)40(37,38)14-20-21(30)7-4-8-22(20)31/h4,7-10,12,17,25,27,32H,5-6,11,13-14H2,1-3H3/t17-,25?,27?/m0/s1. The lowest BCUT2D eigenvalue weighted by Gasteiger charge is -2.38. The Bertz CT molecular complexity index is 1650. The van der Waals surface area contributed by atoms with Crippen molar-refractivity contribution in [1.29, 1.82) is 0 Å². The number of aryl methyl sites for hydroxylation is 1. The van der Waals surface area contributed by atoms with Gasteiger partial charge in [-0.3, -0.25) is 9.59 Å². The molecule has 2 aromatic carbocycles. The van der Waals surface area contributed by atoms with Crippen LogP contribution in [0.1, 0.15) is 63.2 Å². The van der Waals surface area contributed by atoms with Gasteiger partial charge in [0, 0.05) is 46.3 Å². The predicted octanol–water partition coefficient (Wildman–Crippen LogP) is 5.35. The van der Waals surface area contributed by atoms with Gasteiger partial charge in [0.15, 0.2) is 9.84 Å². The monoisotopic (exact) mass is 601 g/mol. The number of H-pyrrole nitrogens is 1. The van der Waals surface area contributed by atoms with E-state index < -0.39 is 15.8 Å². The lowest BCUT2D eigenvalue weighted by Crippen LogP contribution is -2.47. The highest BCUT2D eigenvalue weighted by molar-refractivity contribution is 7.90. The number of amides is 2. The third-order valence-electron chi connectivity index (χ3n) is 8.43. The van der Waals surface area contributed by atoms with E-state index in [0.29, 0.717) is 35.5 Å². The number of rotatable bonds is 7. The Balaban J connectivity index is 1.31. The summed E-state index contributed by atoms with van der Waals surface area (Å²) in [6, 6.07) is 9.39. The summed E-state index contributed by atoms with van der Waals surface area (Å²) >= 11 is 12.5. The van der Waals surface area contributed by atoms with Gasteiger partial charge >= 0.3 is 0 Å². The second kappa shape index (κ2) is 9.91. The number of nitrogens with zero attached hydrogens (tertiary/aromatic N) is 2. The number of hydrogen-bond acceptors (Lipinski definition) is 5. The number of methoxy groups -OCH3 is 1. The van der Waals surface area contributed by atoms with Crippen LogP contribution in [-0.4, -0.2) is 56.4 Å². The molecule has 2 saturated heterocycles. The summed E-state index contributed by atoms with van der Waals surface area (Å²) in [5, 5.41) is 0.567. The van der Waals surface area contributed by atoms with Crippen molar-refractivity contribution in [3.63, 3.8) is 0 Å². The Morgan fingerprint density at radius 2 is 1.88 bits per heavy atom. The van der Waals surface area contributed by atoms with Gasteiger partial charge in [0.2, 0.25) is 5.91 Å². The van der Waals surface area contributed by atoms with Gasteiger partial charge in [-0.05, 0) is 68.1 Å². The highest BCUT2D eigenvalue weighted by Crippen LogP contribution is 2.59. The molecule has 3 atom stereocenters. The van der Waals surface area contributed by atoms with Crippen molar-refractivity contribution in [2.75, 3.05) is 25.2 Å². The van der Waals surface area contributed by atoms with Gasteiger partial charge in [-0.2, -0.15) is 0 Å². The Labute approximate surface area is 243 Å². The summed E-state index contributed by atoms with van der Waals surface area (Å²) < 4.78 is 32.1. The van der Waals surface area contributed by atoms with Gasteiger partial charge in [0.1, 0.15) is 0 Å². The summed E-state index contributed by atoms with van der Waals surface area (Å²) in [6.07, 6.45) is 1.84. The van der Waals surface area contributed by atoms with Gasteiger partial charge in [-0.25, -0.2) is 8.42 Å². The van der Waals surface area contributed by atoms with Crippen LogP contribution in [0.3, 0.4) is 0 Å². The summed E-state index contributed by atoms with van der Waals surface area (Å²) in [4.78, 5) is 33.8. The molecule has 40 heavy (non-hydrogen) atoms. The molecule has 1 aromatic heterocycles. The minimum atomic E-state index is -3.79. The maximum atomic E-state index is 13.6. The number of hydrogen-bond donors (Lipinski definition) is 1. The maximum absolute atomic E-state index is 13.6. The number of carbonyl (C=O) groups excluding carboxylic acids is 2. The van der Waals surface area contributed by atoms with E-state index in [9.17, 15) is 18.0 Å². The van der Waals surface area contributed by atoms with Gasteiger partial charge < -0.3 is 19.5 Å². The number of likely N-dealkylation sites (tertiary alicyclic amines) is 1. The normalized spacial score (nSPS) is 21.6. The molecule has 11 heteroatoms.